The van der Waals surface area contributed by atoms with Crippen LogP contribution in [0, 0.1) is 5.82 Å². The molecule has 0 saturated carbocycles. The minimum atomic E-state index is -4.35. The molecule has 0 aromatic heterocycles. The molecule has 2 aromatic rings. The van der Waals surface area contributed by atoms with Gasteiger partial charge in [0, 0.05) is 43.5 Å². The minimum Gasteiger partial charge on any atom is -0.375 e. The Morgan fingerprint density at radius 3 is 2.27 bits per heavy atom. The van der Waals surface area contributed by atoms with Crippen molar-refractivity contribution >= 4 is 34.9 Å². The number of thiocarbonyl (C=S) groups is 1. The number of hydrogen-bond donors (Lipinski definition) is 2. The summed E-state index contributed by atoms with van der Waals surface area (Å²) in [5.41, 5.74) is 10.3. The quantitative estimate of drug-likeness (QED) is 0.245. The molecule has 2 aliphatic rings. The molecule has 11 heteroatoms. The maximum atomic E-state index is 15.4. The fraction of sp³-hybridized carbons (Fsp3) is 0.462. The lowest BCUT2D eigenvalue weighted by Gasteiger charge is -2.35. The van der Waals surface area contributed by atoms with Crippen molar-refractivity contribution in [1.82, 2.24) is 10.3 Å². The molecule has 0 spiro atoms. The van der Waals surface area contributed by atoms with E-state index < -0.39 is 11.7 Å². The number of hydrogen-bond acceptors (Lipinski definition) is 5. The standard InChI is InChI=1S/C26H32F4N6S/c1-34(2)21-9-12-36(16-21)23-14-24(22(27)13-19(23)15-32-33-25(31)37)35-10-7-18(8-11-35)17-3-5-20(6-4-17)26(28,29)30/h3-6,13-15,18,21H,7-12,16H2,1-2H3,(H3,31,33,37)/t21-/m1/s1. The van der Waals surface area contributed by atoms with Crippen LogP contribution in [0.5, 0.6) is 0 Å². The number of anilines is 2. The molecular formula is C26H32F4N6S. The topological polar surface area (TPSA) is 60.1 Å². The molecule has 0 aliphatic carbocycles. The third kappa shape index (κ3) is 6.51. The molecule has 2 aliphatic heterocycles. The summed E-state index contributed by atoms with van der Waals surface area (Å²) >= 11 is 4.80. The average molecular weight is 537 g/mol. The highest BCUT2D eigenvalue weighted by Gasteiger charge is 2.31. The molecule has 6 nitrogen and oxygen atoms in total. The van der Waals surface area contributed by atoms with Crippen molar-refractivity contribution in [3.8, 4) is 0 Å². The van der Waals surface area contributed by atoms with Gasteiger partial charge in [-0.3, -0.25) is 5.43 Å². The van der Waals surface area contributed by atoms with E-state index in [1.807, 2.05) is 11.0 Å². The Morgan fingerprint density at radius 1 is 1.05 bits per heavy atom. The van der Waals surface area contributed by atoms with Crippen molar-refractivity contribution < 1.29 is 17.6 Å². The van der Waals surface area contributed by atoms with Crippen LogP contribution in [0.2, 0.25) is 0 Å². The van der Waals surface area contributed by atoms with E-state index in [2.05, 4.69) is 34.4 Å². The smallest absolute Gasteiger partial charge is 0.375 e. The van der Waals surface area contributed by atoms with Gasteiger partial charge in [-0.1, -0.05) is 12.1 Å². The summed E-state index contributed by atoms with van der Waals surface area (Å²) in [7, 11) is 4.11. The predicted octanol–water partition coefficient (Wildman–Crippen LogP) is 4.54. The summed E-state index contributed by atoms with van der Waals surface area (Å²) < 4.78 is 54.1. The number of piperidine rings is 1. The molecule has 200 valence electrons. The Balaban J connectivity index is 1.53. The summed E-state index contributed by atoms with van der Waals surface area (Å²) in [6, 6.07) is 9.16. The molecule has 0 unspecified atom stereocenters. The lowest BCUT2D eigenvalue weighted by Crippen LogP contribution is -2.34. The van der Waals surface area contributed by atoms with Crippen LogP contribution in [-0.2, 0) is 6.18 Å². The minimum absolute atomic E-state index is 0.0275. The van der Waals surface area contributed by atoms with Crippen LogP contribution in [0.3, 0.4) is 0 Å². The molecular weight excluding hydrogens is 504 g/mol. The highest BCUT2D eigenvalue weighted by Crippen LogP contribution is 2.37. The van der Waals surface area contributed by atoms with E-state index in [9.17, 15) is 13.2 Å². The molecule has 37 heavy (non-hydrogen) atoms. The van der Waals surface area contributed by atoms with Gasteiger partial charge in [0.25, 0.3) is 0 Å². The lowest BCUT2D eigenvalue weighted by molar-refractivity contribution is -0.137. The van der Waals surface area contributed by atoms with Gasteiger partial charge in [-0.2, -0.15) is 18.3 Å². The first-order chi connectivity index (χ1) is 17.5. The zero-order valence-electron chi connectivity index (χ0n) is 20.9. The van der Waals surface area contributed by atoms with Crippen molar-refractivity contribution in [3.05, 3.63) is 58.9 Å². The van der Waals surface area contributed by atoms with E-state index in [-0.39, 0.29) is 16.8 Å². The van der Waals surface area contributed by atoms with Crippen molar-refractivity contribution in [3.63, 3.8) is 0 Å². The molecule has 0 radical (unpaired) electrons. The number of likely N-dealkylation sites (N-methyl/N-ethyl adjacent to an activating group) is 1. The SMILES string of the molecule is CN(C)[C@@H]1CCN(c2cc(N3CCC(c4ccc(C(F)(F)F)cc4)CC3)c(F)cc2C=NNC(N)=S)C1. The van der Waals surface area contributed by atoms with Gasteiger partial charge in [0.1, 0.15) is 5.82 Å². The largest absolute Gasteiger partial charge is 0.416 e. The summed E-state index contributed by atoms with van der Waals surface area (Å²) in [6.45, 7) is 2.88. The molecule has 0 bridgehead atoms. The van der Waals surface area contributed by atoms with Gasteiger partial charge >= 0.3 is 6.18 Å². The summed E-state index contributed by atoms with van der Waals surface area (Å²) in [5, 5.41) is 4.07. The molecule has 1 atom stereocenters. The second-order valence-corrected chi connectivity index (χ2v) is 10.3. The number of benzene rings is 2. The van der Waals surface area contributed by atoms with E-state index >= 15 is 4.39 Å². The van der Waals surface area contributed by atoms with Crippen LogP contribution in [0.4, 0.5) is 28.9 Å². The van der Waals surface area contributed by atoms with E-state index in [4.69, 9.17) is 18.0 Å². The van der Waals surface area contributed by atoms with Crippen LogP contribution in [-0.4, -0.2) is 62.5 Å². The van der Waals surface area contributed by atoms with Gasteiger partial charge in [-0.05, 0) is 81.3 Å². The van der Waals surface area contributed by atoms with Crippen molar-refractivity contribution in [2.75, 3.05) is 50.1 Å². The Hall–Kier alpha value is -2.92. The number of hydrazone groups is 1. The second-order valence-electron chi connectivity index (χ2n) is 9.83. The average Bonchev–Trinajstić information content (AvgIpc) is 3.34. The van der Waals surface area contributed by atoms with Gasteiger partial charge in [-0.15, -0.1) is 0 Å². The van der Waals surface area contributed by atoms with Crippen molar-refractivity contribution in [2.45, 2.75) is 37.4 Å². The Morgan fingerprint density at radius 2 is 1.70 bits per heavy atom. The van der Waals surface area contributed by atoms with Crippen LogP contribution in [0.15, 0.2) is 41.5 Å². The van der Waals surface area contributed by atoms with Gasteiger partial charge in [0.2, 0.25) is 0 Å². The Labute approximate surface area is 220 Å². The van der Waals surface area contributed by atoms with Gasteiger partial charge in [0.15, 0.2) is 5.11 Å². The zero-order valence-corrected chi connectivity index (χ0v) is 21.7. The van der Waals surface area contributed by atoms with E-state index in [0.29, 0.717) is 30.4 Å². The highest BCUT2D eigenvalue weighted by atomic mass is 32.1. The molecule has 4 rings (SSSR count). The van der Waals surface area contributed by atoms with Gasteiger partial charge < -0.3 is 20.4 Å². The number of alkyl halides is 3. The molecule has 2 aromatic carbocycles. The predicted molar refractivity (Wildman–Crippen MR) is 144 cm³/mol. The second kappa shape index (κ2) is 11.2. The lowest BCUT2D eigenvalue weighted by atomic mass is 9.88. The van der Waals surface area contributed by atoms with Crippen LogP contribution in [0.25, 0.3) is 0 Å². The summed E-state index contributed by atoms with van der Waals surface area (Å²) in [6.07, 6.45) is -0.357. The fourth-order valence-corrected chi connectivity index (χ4v) is 5.18. The Kier molecular flexibility index (Phi) is 8.23. The fourth-order valence-electron chi connectivity index (χ4n) is 5.13. The monoisotopic (exact) mass is 536 g/mol. The first kappa shape index (κ1) is 27.1. The summed E-state index contributed by atoms with van der Waals surface area (Å²) in [5.74, 6) is -0.213. The van der Waals surface area contributed by atoms with Crippen LogP contribution >= 0.6 is 12.2 Å². The van der Waals surface area contributed by atoms with Crippen molar-refractivity contribution in [1.29, 1.82) is 0 Å². The Bertz CT molecular complexity index is 1130. The molecule has 2 fully saturated rings. The first-order valence-electron chi connectivity index (χ1n) is 12.3. The molecule has 0 amide bonds. The van der Waals surface area contributed by atoms with Crippen LogP contribution in [0.1, 0.15) is 41.9 Å². The molecule has 3 N–H and O–H groups in total. The maximum Gasteiger partial charge on any atom is 0.416 e. The number of halogens is 4. The summed E-state index contributed by atoms with van der Waals surface area (Å²) in [4.78, 5) is 6.45. The highest BCUT2D eigenvalue weighted by molar-refractivity contribution is 7.80. The number of nitrogens with two attached hydrogens (primary N) is 1. The maximum absolute atomic E-state index is 15.4. The van der Waals surface area contributed by atoms with Crippen molar-refractivity contribution in [2.24, 2.45) is 10.8 Å². The molecule has 2 heterocycles. The number of nitrogens with zero attached hydrogens (tertiary/aromatic N) is 4. The third-order valence-corrected chi connectivity index (χ3v) is 7.35. The molecule has 2 saturated heterocycles. The normalized spacial score (nSPS) is 19.3. The van der Waals surface area contributed by atoms with Crippen LogP contribution < -0.4 is 21.0 Å². The van der Waals surface area contributed by atoms with E-state index in [1.165, 1.54) is 12.3 Å². The van der Waals surface area contributed by atoms with Gasteiger partial charge in [-0.25, -0.2) is 4.39 Å². The van der Waals surface area contributed by atoms with Gasteiger partial charge in [0.05, 0.1) is 17.5 Å². The first-order valence-corrected chi connectivity index (χ1v) is 12.7. The number of rotatable bonds is 6. The third-order valence-electron chi connectivity index (χ3n) is 7.25. The van der Waals surface area contributed by atoms with E-state index in [0.717, 1.165) is 55.7 Å². The van der Waals surface area contributed by atoms with E-state index in [1.54, 1.807) is 12.1 Å². The zero-order chi connectivity index (χ0) is 26.7. The number of nitrogens with one attached hydrogen (secondary N) is 1.